The summed E-state index contributed by atoms with van der Waals surface area (Å²) in [6.07, 6.45) is 3.16. The van der Waals surface area contributed by atoms with Gasteiger partial charge in [0.1, 0.15) is 6.29 Å². The number of aldehydes is 1. The summed E-state index contributed by atoms with van der Waals surface area (Å²) in [5.41, 5.74) is -1.00. The van der Waals surface area contributed by atoms with E-state index < -0.39 is 5.60 Å². The molecular weight excluding hydrogens is 168 g/mol. The third kappa shape index (κ3) is 3.08. The van der Waals surface area contributed by atoms with E-state index in [9.17, 15) is 9.90 Å². The summed E-state index contributed by atoms with van der Waals surface area (Å²) in [5.74, 6) is 0. The van der Waals surface area contributed by atoms with E-state index in [4.69, 9.17) is 4.74 Å². The first-order valence-electron chi connectivity index (χ1n) is 4.74. The van der Waals surface area contributed by atoms with E-state index >= 15 is 0 Å². The summed E-state index contributed by atoms with van der Waals surface area (Å²) >= 11 is 0. The quantitative estimate of drug-likeness (QED) is 0.670. The molecule has 1 saturated heterocycles. The van der Waals surface area contributed by atoms with Crippen molar-refractivity contribution in [2.45, 2.75) is 38.7 Å². The van der Waals surface area contributed by atoms with Crippen LogP contribution in [0.15, 0.2) is 0 Å². The molecule has 13 heavy (non-hydrogen) atoms. The van der Waals surface area contributed by atoms with Crippen LogP contribution in [0.25, 0.3) is 0 Å². The van der Waals surface area contributed by atoms with Crippen molar-refractivity contribution in [2.24, 2.45) is 5.41 Å². The van der Waals surface area contributed by atoms with Gasteiger partial charge in [0.2, 0.25) is 0 Å². The molecule has 0 amide bonds. The third-order valence-electron chi connectivity index (χ3n) is 2.62. The van der Waals surface area contributed by atoms with Gasteiger partial charge < -0.3 is 14.6 Å². The minimum Gasteiger partial charge on any atom is -0.390 e. The summed E-state index contributed by atoms with van der Waals surface area (Å²) in [5, 5.41) is 9.53. The maximum absolute atomic E-state index is 10.9. The number of carbonyl (C=O) groups excluding carboxylic acids is 1. The Kier molecular flexibility index (Phi) is 3.09. The molecule has 3 nitrogen and oxygen atoms in total. The molecule has 1 fully saturated rings. The fourth-order valence-corrected chi connectivity index (χ4v) is 1.53. The maximum Gasteiger partial charge on any atom is 0.128 e. The molecule has 0 radical (unpaired) electrons. The molecule has 1 rings (SSSR count). The van der Waals surface area contributed by atoms with Crippen molar-refractivity contribution in [1.29, 1.82) is 0 Å². The topological polar surface area (TPSA) is 46.5 Å². The predicted molar refractivity (Wildman–Crippen MR) is 49.5 cm³/mol. The SMILES string of the molecule is CC(C)(O)CCC1(C=O)CCOC1. The van der Waals surface area contributed by atoms with E-state index in [2.05, 4.69) is 0 Å². The Hall–Kier alpha value is -0.410. The van der Waals surface area contributed by atoms with Crippen molar-refractivity contribution < 1.29 is 14.6 Å². The van der Waals surface area contributed by atoms with E-state index in [1.165, 1.54) is 0 Å². The van der Waals surface area contributed by atoms with Crippen molar-refractivity contribution in [3.8, 4) is 0 Å². The summed E-state index contributed by atoms with van der Waals surface area (Å²) in [7, 11) is 0. The Labute approximate surface area is 79.1 Å². The predicted octanol–water partition coefficient (Wildman–Crippen LogP) is 1.14. The van der Waals surface area contributed by atoms with Crippen LogP contribution < -0.4 is 0 Å². The van der Waals surface area contributed by atoms with Gasteiger partial charge in [-0.25, -0.2) is 0 Å². The van der Waals surface area contributed by atoms with Gasteiger partial charge in [0, 0.05) is 6.61 Å². The Bertz CT molecular complexity index is 175. The first-order valence-corrected chi connectivity index (χ1v) is 4.74. The highest BCUT2D eigenvalue weighted by molar-refractivity contribution is 5.60. The number of carbonyl (C=O) groups is 1. The van der Waals surface area contributed by atoms with Gasteiger partial charge in [-0.05, 0) is 33.1 Å². The second-order valence-electron chi connectivity index (χ2n) is 4.60. The van der Waals surface area contributed by atoms with Crippen molar-refractivity contribution in [2.75, 3.05) is 13.2 Å². The van der Waals surface area contributed by atoms with E-state index in [1.54, 1.807) is 13.8 Å². The minimum absolute atomic E-state index is 0.319. The lowest BCUT2D eigenvalue weighted by atomic mass is 9.81. The molecule has 0 aromatic carbocycles. The molecule has 1 atom stereocenters. The van der Waals surface area contributed by atoms with E-state index in [0.717, 1.165) is 19.1 Å². The van der Waals surface area contributed by atoms with Crippen LogP contribution in [0.5, 0.6) is 0 Å². The Balaban J connectivity index is 2.45. The molecule has 0 saturated carbocycles. The summed E-state index contributed by atoms with van der Waals surface area (Å²) in [6, 6.07) is 0. The summed E-state index contributed by atoms with van der Waals surface area (Å²) < 4.78 is 5.20. The number of rotatable bonds is 4. The van der Waals surface area contributed by atoms with Crippen LogP contribution >= 0.6 is 0 Å². The normalized spacial score (nSPS) is 29.2. The maximum atomic E-state index is 10.9. The fraction of sp³-hybridized carbons (Fsp3) is 0.900. The molecule has 76 valence electrons. The van der Waals surface area contributed by atoms with Crippen LogP contribution in [0, 0.1) is 5.41 Å². The zero-order chi connectivity index (χ0) is 9.95. The lowest BCUT2D eigenvalue weighted by molar-refractivity contribution is -0.117. The number of hydrogen-bond acceptors (Lipinski definition) is 3. The van der Waals surface area contributed by atoms with Crippen molar-refractivity contribution in [3.63, 3.8) is 0 Å². The fourth-order valence-electron chi connectivity index (χ4n) is 1.53. The number of aliphatic hydroxyl groups is 1. The van der Waals surface area contributed by atoms with Gasteiger partial charge >= 0.3 is 0 Å². The third-order valence-corrected chi connectivity index (χ3v) is 2.62. The lowest BCUT2D eigenvalue weighted by Crippen LogP contribution is -2.28. The van der Waals surface area contributed by atoms with Gasteiger partial charge in [-0.1, -0.05) is 0 Å². The van der Waals surface area contributed by atoms with E-state index in [1.807, 2.05) is 0 Å². The zero-order valence-corrected chi connectivity index (χ0v) is 8.38. The Morgan fingerprint density at radius 1 is 1.62 bits per heavy atom. The molecule has 0 bridgehead atoms. The molecule has 3 heteroatoms. The molecule has 0 aromatic heterocycles. The average molecular weight is 186 g/mol. The highest BCUT2D eigenvalue weighted by Gasteiger charge is 2.35. The lowest BCUT2D eigenvalue weighted by Gasteiger charge is -2.24. The second kappa shape index (κ2) is 3.76. The second-order valence-corrected chi connectivity index (χ2v) is 4.60. The number of ether oxygens (including phenoxy) is 1. The Morgan fingerprint density at radius 3 is 2.69 bits per heavy atom. The van der Waals surface area contributed by atoms with Crippen LogP contribution in [-0.2, 0) is 9.53 Å². The van der Waals surface area contributed by atoms with Crippen LogP contribution in [-0.4, -0.2) is 30.2 Å². The monoisotopic (exact) mass is 186 g/mol. The molecule has 1 aliphatic heterocycles. The molecule has 0 aromatic rings. The van der Waals surface area contributed by atoms with Gasteiger partial charge in [-0.3, -0.25) is 0 Å². The Morgan fingerprint density at radius 2 is 2.31 bits per heavy atom. The van der Waals surface area contributed by atoms with Gasteiger partial charge in [-0.2, -0.15) is 0 Å². The first-order chi connectivity index (χ1) is 5.97. The standard InChI is InChI=1S/C10H18O3/c1-9(2,12)3-4-10(7-11)5-6-13-8-10/h7,12H,3-6,8H2,1-2H3. The molecule has 1 heterocycles. The van der Waals surface area contributed by atoms with Crippen molar-refractivity contribution >= 4 is 6.29 Å². The van der Waals surface area contributed by atoms with Gasteiger partial charge in [0.05, 0.1) is 17.6 Å². The molecule has 1 aliphatic rings. The van der Waals surface area contributed by atoms with Gasteiger partial charge in [-0.15, -0.1) is 0 Å². The van der Waals surface area contributed by atoms with Crippen molar-refractivity contribution in [3.05, 3.63) is 0 Å². The molecule has 1 unspecified atom stereocenters. The molecular formula is C10H18O3. The zero-order valence-electron chi connectivity index (χ0n) is 8.38. The van der Waals surface area contributed by atoms with Crippen LogP contribution in [0.2, 0.25) is 0 Å². The van der Waals surface area contributed by atoms with Crippen LogP contribution in [0.4, 0.5) is 0 Å². The highest BCUT2D eigenvalue weighted by Crippen LogP contribution is 2.33. The molecule has 1 N–H and O–H groups in total. The molecule has 0 spiro atoms. The first kappa shape index (κ1) is 10.7. The van der Waals surface area contributed by atoms with Gasteiger partial charge in [0.25, 0.3) is 0 Å². The molecule has 0 aliphatic carbocycles. The summed E-state index contributed by atoms with van der Waals surface area (Å²) in [6.45, 7) is 4.72. The van der Waals surface area contributed by atoms with Crippen LogP contribution in [0.1, 0.15) is 33.1 Å². The smallest absolute Gasteiger partial charge is 0.128 e. The van der Waals surface area contributed by atoms with E-state index in [-0.39, 0.29) is 5.41 Å². The van der Waals surface area contributed by atoms with Crippen molar-refractivity contribution in [1.82, 2.24) is 0 Å². The number of hydrogen-bond donors (Lipinski definition) is 1. The highest BCUT2D eigenvalue weighted by atomic mass is 16.5. The van der Waals surface area contributed by atoms with Gasteiger partial charge in [0.15, 0.2) is 0 Å². The minimum atomic E-state index is -0.682. The largest absolute Gasteiger partial charge is 0.390 e. The van der Waals surface area contributed by atoms with E-state index in [0.29, 0.717) is 19.6 Å². The summed E-state index contributed by atoms with van der Waals surface area (Å²) in [4.78, 5) is 10.9. The average Bonchev–Trinajstić information content (AvgIpc) is 2.49. The van der Waals surface area contributed by atoms with Crippen LogP contribution in [0.3, 0.4) is 0 Å².